The lowest BCUT2D eigenvalue weighted by molar-refractivity contribution is -0.139. The van der Waals surface area contributed by atoms with Crippen molar-refractivity contribution in [3.8, 4) is 0 Å². The van der Waals surface area contributed by atoms with Gasteiger partial charge < -0.3 is 10.4 Å². The third kappa shape index (κ3) is 2.05. The minimum atomic E-state index is -0.847. The predicted octanol–water partition coefficient (Wildman–Crippen LogP) is 2.04. The van der Waals surface area contributed by atoms with Gasteiger partial charge in [-0.25, -0.2) is 0 Å². The third-order valence-corrected chi connectivity index (χ3v) is 5.78. The SMILES string of the molecule is CC[C@](C)(CC(=O)O)NC(=O)C1[C@@H]2[C@H]3CC[C@@H](C3)[C@@H]12. The topological polar surface area (TPSA) is 66.4 Å². The second-order valence-electron chi connectivity index (χ2n) is 6.99. The van der Waals surface area contributed by atoms with Crippen molar-refractivity contribution in [2.45, 2.75) is 51.5 Å². The Balaban J connectivity index is 1.62. The molecule has 0 aromatic carbocycles. The summed E-state index contributed by atoms with van der Waals surface area (Å²) in [5.74, 6) is 2.23. The first-order valence-corrected chi connectivity index (χ1v) is 7.49. The molecule has 0 radical (unpaired) electrons. The van der Waals surface area contributed by atoms with E-state index in [0.29, 0.717) is 18.3 Å². The highest BCUT2D eigenvalue weighted by molar-refractivity contribution is 5.84. The quantitative estimate of drug-likeness (QED) is 0.799. The van der Waals surface area contributed by atoms with E-state index < -0.39 is 11.5 Å². The number of carboxylic acid groups (broad SMARTS) is 1. The van der Waals surface area contributed by atoms with E-state index in [1.165, 1.54) is 19.3 Å². The number of carbonyl (C=O) groups excluding carboxylic acids is 1. The fraction of sp³-hybridized carbons (Fsp3) is 0.867. The second kappa shape index (κ2) is 4.22. The summed E-state index contributed by atoms with van der Waals surface area (Å²) >= 11 is 0. The molecule has 0 spiro atoms. The van der Waals surface area contributed by atoms with Gasteiger partial charge in [-0.15, -0.1) is 0 Å². The summed E-state index contributed by atoms with van der Waals surface area (Å²) < 4.78 is 0. The molecule has 19 heavy (non-hydrogen) atoms. The molecular formula is C15H23NO3. The van der Waals surface area contributed by atoms with Crippen LogP contribution in [0, 0.1) is 29.6 Å². The highest BCUT2D eigenvalue weighted by Crippen LogP contribution is 2.69. The second-order valence-corrected chi connectivity index (χ2v) is 6.99. The van der Waals surface area contributed by atoms with Crippen LogP contribution < -0.4 is 5.32 Å². The molecule has 3 saturated carbocycles. The van der Waals surface area contributed by atoms with Crippen LogP contribution in [0.1, 0.15) is 46.0 Å². The summed E-state index contributed by atoms with van der Waals surface area (Å²) in [6, 6.07) is 0. The molecule has 3 aliphatic carbocycles. The van der Waals surface area contributed by atoms with Crippen LogP contribution in [0.25, 0.3) is 0 Å². The smallest absolute Gasteiger partial charge is 0.305 e. The van der Waals surface area contributed by atoms with Crippen molar-refractivity contribution in [3.05, 3.63) is 0 Å². The van der Waals surface area contributed by atoms with Gasteiger partial charge in [-0.3, -0.25) is 9.59 Å². The largest absolute Gasteiger partial charge is 0.481 e. The molecule has 0 aromatic heterocycles. The molecular weight excluding hydrogens is 242 g/mol. The highest BCUT2D eigenvalue weighted by atomic mass is 16.4. The zero-order valence-corrected chi connectivity index (χ0v) is 11.7. The molecule has 1 amide bonds. The van der Waals surface area contributed by atoms with Gasteiger partial charge in [0, 0.05) is 11.5 Å². The lowest BCUT2D eigenvalue weighted by Gasteiger charge is -2.28. The molecule has 2 bridgehead atoms. The van der Waals surface area contributed by atoms with Crippen molar-refractivity contribution >= 4 is 11.9 Å². The summed E-state index contributed by atoms with van der Waals surface area (Å²) in [7, 11) is 0. The number of carboxylic acids is 1. The van der Waals surface area contributed by atoms with Crippen LogP contribution in [0.5, 0.6) is 0 Å². The van der Waals surface area contributed by atoms with Crippen molar-refractivity contribution < 1.29 is 14.7 Å². The Labute approximate surface area is 113 Å². The molecule has 0 heterocycles. The van der Waals surface area contributed by atoms with Gasteiger partial charge in [-0.05, 0) is 56.3 Å². The van der Waals surface area contributed by atoms with E-state index in [1.54, 1.807) is 0 Å². The van der Waals surface area contributed by atoms with Gasteiger partial charge in [0.05, 0.1) is 6.42 Å². The van der Waals surface area contributed by atoms with Gasteiger partial charge in [-0.1, -0.05) is 6.92 Å². The lowest BCUT2D eigenvalue weighted by Crippen LogP contribution is -2.48. The Kier molecular flexibility index (Phi) is 2.88. The van der Waals surface area contributed by atoms with Crippen molar-refractivity contribution in [2.75, 3.05) is 0 Å². The van der Waals surface area contributed by atoms with Gasteiger partial charge in [0.1, 0.15) is 0 Å². The number of fused-ring (bicyclic) bond motifs is 5. The summed E-state index contributed by atoms with van der Waals surface area (Å²) in [6.07, 6.45) is 4.59. The zero-order valence-electron chi connectivity index (χ0n) is 11.7. The number of nitrogens with one attached hydrogen (secondary N) is 1. The maximum absolute atomic E-state index is 12.4. The van der Waals surface area contributed by atoms with Crippen molar-refractivity contribution in [1.82, 2.24) is 5.32 Å². The van der Waals surface area contributed by atoms with Gasteiger partial charge in [0.25, 0.3) is 0 Å². The Bertz CT molecular complexity index is 406. The number of aliphatic carboxylic acids is 1. The van der Waals surface area contributed by atoms with Gasteiger partial charge in [0.2, 0.25) is 5.91 Å². The number of hydrogen-bond acceptors (Lipinski definition) is 2. The first-order chi connectivity index (χ1) is 8.95. The van der Waals surface area contributed by atoms with Gasteiger partial charge >= 0.3 is 5.97 Å². The van der Waals surface area contributed by atoms with E-state index in [4.69, 9.17) is 5.11 Å². The number of hydrogen-bond donors (Lipinski definition) is 2. The van der Waals surface area contributed by atoms with Crippen LogP contribution in [-0.4, -0.2) is 22.5 Å². The summed E-state index contributed by atoms with van der Waals surface area (Å²) in [6.45, 7) is 3.77. The Hall–Kier alpha value is -1.06. The Morgan fingerprint density at radius 3 is 2.32 bits per heavy atom. The van der Waals surface area contributed by atoms with Crippen LogP contribution in [-0.2, 0) is 9.59 Å². The average molecular weight is 265 g/mol. The number of carbonyl (C=O) groups is 2. The van der Waals surface area contributed by atoms with E-state index >= 15 is 0 Å². The van der Waals surface area contributed by atoms with Crippen LogP contribution >= 0.6 is 0 Å². The van der Waals surface area contributed by atoms with Crippen LogP contribution in [0.15, 0.2) is 0 Å². The van der Waals surface area contributed by atoms with E-state index in [1.807, 2.05) is 13.8 Å². The molecule has 106 valence electrons. The fourth-order valence-electron chi connectivity index (χ4n) is 4.65. The molecule has 0 aromatic rings. The van der Waals surface area contributed by atoms with Gasteiger partial charge in [0.15, 0.2) is 0 Å². The van der Waals surface area contributed by atoms with Crippen LogP contribution in [0.2, 0.25) is 0 Å². The maximum Gasteiger partial charge on any atom is 0.305 e. The summed E-state index contributed by atoms with van der Waals surface area (Å²) in [4.78, 5) is 23.3. The first kappa shape index (κ1) is 12.9. The number of amides is 1. The standard InChI is InChI=1S/C15H23NO3/c1-3-15(2,7-10(17)18)16-14(19)13-11-8-4-5-9(6-8)12(11)13/h8-9,11-13H,3-7H2,1-2H3,(H,16,19)(H,17,18)/t8-,9-,11+,12+,15+/m0/s1. The summed E-state index contributed by atoms with van der Waals surface area (Å²) in [5, 5.41) is 12.0. The Morgan fingerprint density at radius 2 is 1.84 bits per heavy atom. The monoisotopic (exact) mass is 265 g/mol. The van der Waals surface area contributed by atoms with E-state index in [2.05, 4.69) is 5.32 Å². The molecule has 3 rings (SSSR count). The fourth-order valence-corrected chi connectivity index (χ4v) is 4.65. The molecule has 5 atom stereocenters. The van der Waals surface area contributed by atoms with E-state index in [9.17, 15) is 9.59 Å². The van der Waals surface area contributed by atoms with Crippen molar-refractivity contribution in [3.63, 3.8) is 0 Å². The third-order valence-electron chi connectivity index (χ3n) is 5.78. The normalized spacial score (nSPS) is 41.5. The molecule has 3 aliphatic rings. The van der Waals surface area contributed by atoms with Crippen molar-refractivity contribution in [2.24, 2.45) is 29.6 Å². The molecule has 4 nitrogen and oxygen atoms in total. The minimum absolute atomic E-state index is 0.00412. The molecule has 0 aliphatic heterocycles. The molecule has 3 fully saturated rings. The van der Waals surface area contributed by atoms with E-state index in [0.717, 1.165) is 11.8 Å². The summed E-state index contributed by atoms with van der Waals surface area (Å²) in [5.41, 5.74) is -0.598. The zero-order chi connectivity index (χ0) is 13.8. The average Bonchev–Trinajstić information content (AvgIpc) is 2.78. The number of rotatable bonds is 5. The highest BCUT2D eigenvalue weighted by Gasteiger charge is 2.67. The van der Waals surface area contributed by atoms with Crippen LogP contribution in [0.4, 0.5) is 0 Å². The van der Waals surface area contributed by atoms with E-state index in [-0.39, 0.29) is 18.2 Å². The van der Waals surface area contributed by atoms with Crippen LogP contribution in [0.3, 0.4) is 0 Å². The lowest BCUT2D eigenvalue weighted by atomic mass is 9.93. The predicted molar refractivity (Wildman–Crippen MR) is 70.4 cm³/mol. The Morgan fingerprint density at radius 1 is 1.26 bits per heavy atom. The molecule has 4 heteroatoms. The van der Waals surface area contributed by atoms with Crippen molar-refractivity contribution in [1.29, 1.82) is 0 Å². The molecule has 0 saturated heterocycles. The van der Waals surface area contributed by atoms with Gasteiger partial charge in [-0.2, -0.15) is 0 Å². The molecule has 2 N–H and O–H groups in total. The minimum Gasteiger partial charge on any atom is -0.481 e. The molecule has 0 unspecified atom stereocenters. The first-order valence-electron chi connectivity index (χ1n) is 7.49. The maximum atomic E-state index is 12.4.